The zero-order valence-electron chi connectivity index (χ0n) is 24.9. The van der Waals surface area contributed by atoms with Gasteiger partial charge in [0, 0.05) is 18.5 Å². The first kappa shape index (κ1) is 27.5. The van der Waals surface area contributed by atoms with Gasteiger partial charge in [-0.3, -0.25) is 4.79 Å². The van der Waals surface area contributed by atoms with Crippen LogP contribution in [-0.4, -0.2) is 35.4 Å². The van der Waals surface area contributed by atoms with Gasteiger partial charge in [0.15, 0.2) is 0 Å². The van der Waals surface area contributed by atoms with Crippen LogP contribution in [-0.2, 0) is 10.2 Å². The Morgan fingerprint density at radius 2 is 1.38 bits per heavy atom. The highest BCUT2D eigenvalue weighted by atomic mass is 19.1. The molecule has 1 atom stereocenters. The number of para-hydroxylation sites is 1. The minimum absolute atomic E-state index is 0.135. The van der Waals surface area contributed by atoms with Gasteiger partial charge in [0.2, 0.25) is 5.91 Å². The van der Waals surface area contributed by atoms with Crippen molar-refractivity contribution in [3.63, 3.8) is 0 Å². The Balaban J connectivity index is 1.42. The Morgan fingerprint density at radius 3 is 2.07 bits per heavy atom. The van der Waals surface area contributed by atoms with E-state index < -0.39 is 5.41 Å². The van der Waals surface area contributed by atoms with E-state index in [2.05, 4.69) is 90.2 Å². The molecule has 8 rings (SSSR count). The van der Waals surface area contributed by atoms with Crippen LogP contribution in [0.4, 0.5) is 4.39 Å². The molecule has 45 heavy (non-hydrogen) atoms. The first-order valence-electron chi connectivity index (χ1n) is 15.6. The molecule has 0 aliphatic carbocycles. The molecule has 2 aliphatic rings. The average Bonchev–Trinajstić information content (AvgIpc) is 3.81. The summed E-state index contributed by atoms with van der Waals surface area (Å²) in [6.45, 7) is 2.19. The number of rotatable bonds is 6. The van der Waals surface area contributed by atoms with E-state index in [0.717, 1.165) is 63.8 Å². The van der Waals surface area contributed by atoms with Crippen molar-refractivity contribution in [3.8, 4) is 11.1 Å². The molecular formula is C39H33FN4O. The van der Waals surface area contributed by atoms with Crippen LogP contribution >= 0.6 is 0 Å². The van der Waals surface area contributed by atoms with Gasteiger partial charge in [0.05, 0.1) is 22.0 Å². The molecule has 6 heteroatoms. The van der Waals surface area contributed by atoms with Gasteiger partial charge in [-0.25, -0.2) is 9.40 Å². The summed E-state index contributed by atoms with van der Waals surface area (Å²) in [6.07, 6.45) is 1.66. The van der Waals surface area contributed by atoms with Gasteiger partial charge < -0.3 is 5.32 Å². The molecule has 1 amide bonds. The molecular weight excluding hydrogens is 559 g/mol. The fourth-order valence-electron chi connectivity index (χ4n) is 7.50. The van der Waals surface area contributed by atoms with Gasteiger partial charge in [-0.05, 0) is 71.5 Å². The van der Waals surface area contributed by atoms with E-state index in [1.54, 1.807) is 0 Å². The largest absolute Gasteiger partial charge is 0.316 e. The number of benzene rings is 5. The van der Waals surface area contributed by atoms with E-state index in [1.165, 1.54) is 12.1 Å². The third kappa shape index (κ3) is 4.31. The number of nitrogens with one attached hydrogen (secondary N) is 1. The van der Waals surface area contributed by atoms with Crippen molar-refractivity contribution in [2.24, 2.45) is 5.41 Å². The summed E-state index contributed by atoms with van der Waals surface area (Å²) in [5.41, 5.74) is 5.62. The molecule has 0 unspecified atom stereocenters. The Hall–Kier alpha value is -5.07. The normalized spacial score (nSPS) is 18.3. The molecule has 1 spiro atoms. The molecule has 2 aliphatic heterocycles. The maximum atomic E-state index is 14.1. The molecule has 0 radical (unpaired) electrons. The monoisotopic (exact) mass is 592 g/mol. The van der Waals surface area contributed by atoms with E-state index in [1.807, 2.05) is 46.2 Å². The van der Waals surface area contributed by atoms with E-state index in [-0.39, 0.29) is 17.1 Å². The Kier molecular flexibility index (Phi) is 6.61. The minimum Gasteiger partial charge on any atom is -0.316 e. The molecule has 2 saturated heterocycles. The van der Waals surface area contributed by atoms with E-state index in [9.17, 15) is 9.18 Å². The molecule has 5 aromatic carbocycles. The molecule has 0 bridgehead atoms. The summed E-state index contributed by atoms with van der Waals surface area (Å²) in [5.74, 6) is -0.128. The summed E-state index contributed by atoms with van der Waals surface area (Å²) in [6, 6.07) is 44.3. The number of carbonyl (C=O) groups is 1. The van der Waals surface area contributed by atoms with Crippen molar-refractivity contribution < 1.29 is 9.18 Å². The van der Waals surface area contributed by atoms with Gasteiger partial charge in [0.25, 0.3) is 0 Å². The summed E-state index contributed by atoms with van der Waals surface area (Å²) < 4.78 is 13.9. The maximum Gasteiger partial charge on any atom is 0.250 e. The second-order valence-corrected chi connectivity index (χ2v) is 12.2. The number of fused-ring (bicyclic) bond motifs is 1. The zero-order valence-corrected chi connectivity index (χ0v) is 24.9. The molecule has 3 heterocycles. The van der Waals surface area contributed by atoms with Crippen LogP contribution in [0.2, 0.25) is 0 Å². The van der Waals surface area contributed by atoms with E-state index in [4.69, 9.17) is 5.10 Å². The topological polar surface area (TPSA) is 50.2 Å². The second kappa shape index (κ2) is 10.8. The van der Waals surface area contributed by atoms with Gasteiger partial charge >= 0.3 is 0 Å². The lowest BCUT2D eigenvalue weighted by atomic mass is 9.66. The SMILES string of the molecule is O=C1N(n2nc(C(c3ccccc3)(c3ccccc3)c3cccc(-c4ccc(F)cc4)c3)c3ccccc32)CC[C@]12CCNC2. The van der Waals surface area contributed by atoms with E-state index in [0.29, 0.717) is 13.1 Å². The van der Waals surface area contributed by atoms with Crippen LogP contribution in [0.25, 0.3) is 22.0 Å². The van der Waals surface area contributed by atoms with E-state index >= 15 is 0 Å². The lowest BCUT2D eigenvalue weighted by Crippen LogP contribution is -2.43. The molecule has 0 saturated carbocycles. The summed E-state index contributed by atoms with van der Waals surface area (Å²) in [5, 5.41) is 11.7. The summed E-state index contributed by atoms with van der Waals surface area (Å²) in [7, 11) is 0. The predicted octanol–water partition coefficient (Wildman–Crippen LogP) is 7.07. The fraction of sp³-hybridized carbons (Fsp3) is 0.179. The number of halogens is 1. The lowest BCUT2D eigenvalue weighted by Gasteiger charge is -2.35. The number of nitrogens with zero attached hydrogens (tertiary/aromatic N) is 3. The summed E-state index contributed by atoms with van der Waals surface area (Å²) in [4.78, 5) is 15.9. The Bertz CT molecular complexity index is 1960. The Morgan fingerprint density at radius 1 is 0.711 bits per heavy atom. The first-order valence-corrected chi connectivity index (χ1v) is 15.6. The number of hydrogen-bond acceptors (Lipinski definition) is 3. The summed E-state index contributed by atoms with van der Waals surface area (Å²) >= 11 is 0. The third-order valence-electron chi connectivity index (χ3n) is 9.77. The average molecular weight is 593 g/mol. The van der Waals surface area contributed by atoms with Crippen LogP contribution in [0.15, 0.2) is 133 Å². The van der Waals surface area contributed by atoms with Crippen molar-refractivity contribution in [2.45, 2.75) is 18.3 Å². The highest BCUT2D eigenvalue weighted by Crippen LogP contribution is 2.48. The molecule has 1 N–H and O–H groups in total. The van der Waals surface area contributed by atoms with Gasteiger partial charge in [-0.15, -0.1) is 0 Å². The van der Waals surface area contributed by atoms with Crippen molar-refractivity contribution in [1.29, 1.82) is 0 Å². The zero-order chi connectivity index (χ0) is 30.4. The molecule has 222 valence electrons. The number of carbonyl (C=O) groups excluding carboxylic acids is 1. The predicted molar refractivity (Wildman–Crippen MR) is 176 cm³/mol. The first-order chi connectivity index (χ1) is 22.1. The molecule has 1 aromatic heterocycles. The highest BCUT2D eigenvalue weighted by Gasteiger charge is 2.50. The molecule has 6 aromatic rings. The highest BCUT2D eigenvalue weighted by molar-refractivity contribution is 5.96. The van der Waals surface area contributed by atoms with Crippen molar-refractivity contribution in [3.05, 3.63) is 162 Å². The molecule has 5 nitrogen and oxygen atoms in total. The maximum absolute atomic E-state index is 14.1. The third-order valence-corrected chi connectivity index (χ3v) is 9.77. The van der Waals surface area contributed by atoms with Crippen LogP contribution in [0, 0.1) is 11.2 Å². The quantitative estimate of drug-likeness (QED) is 0.211. The van der Waals surface area contributed by atoms with Crippen molar-refractivity contribution >= 4 is 16.8 Å². The van der Waals surface area contributed by atoms with Crippen LogP contribution in [0.1, 0.15) is 35.2 Å². The van der Waals surface area contributed by atoms with Crippen LogP contribution in [0.5, 0.6) is 0 Å². The standard InChI is InChI=1S/C39H33FN4O/c40-33-20-18-28(19-21-33)29-10-9-15-32(26-29)39(30-11-3-1-4-12-30,31-13-5-2-6-14-31)36-34-16-7-8-17-35(34)44(42-36)43-25-23-38(37(43)45)22-24-41-27-38/h1-21,26,41H,22-25,27H2/t38-/m0/s1. The Labute approximate surface area is 261 Å². The van der Waals surface area contributed by atoms with Crippen molar-refractivity contribution in [2.75, 3.05) is 24.6 Å². The number of hydrogen-bond donors (Lipinski definition) is 1. The smallest absolute Gasteiger partial charge is 0.250 e. The fourth-order valence-corrected chi connectivity index (χ4v) is 7.50. The van der Waals surface area contributed by atoms with Gasteiger partial charge in [-0.2, -0.15) is 9.89 Å². The van der Waals surface area contributed by atoms with Gasteiger partial charge in [0.1, 0.15) is 5.82 Å². The number of amides is 1. The van der Waals surface area contributed by atoms with Gasteiger partial charge in [-0.1, -0.05) is 109 Å². The van der Waals surface area contributed by atoms with Crippen LogP contribution in [0.3, 0.4) is 0 Å². The molecule has 2 fully saturated rings. The lowest BCUT2D eigenvalue weighted by molar-refractivity contribution is -0.126. The second-order valence-electron chi connectivity index (χ2n) is 12.2. The number of aromatic nitrogens is 2. The van der Waals surface area contributed by atoms with Crippen molar-refractivity contribution in [1.82, 2.24) is 15.2 Å². The minimum atomic E-state index is -0.835. The van der Waals surface area contributed by atoms with Crippen LogP contribution < -0.4 is 10.3 Å².